The third kappa shape index (κ3) is 4.37. The van der Waals surface area contributed by atoms with Crippen molar-refractivity contribution in [2.75, 3.05) is 0 Å². The van der Waals surface area contributed by atoms with Crippen LogP contribution < -0.4 is 11.5 Å². The van der Waals surface area contributed by atoms with Crippen molar-refractivity contribution in [1.29, 1.82) is 0 Å². The summed E-state index contributed by atoms with van der Waals surface area (Å²) in [5.41, 5.74) is 10.5. The van der Waals surface area contributed by atoms with Crippen LogP contribution in [0.4, 0.5) is 0 Å². The van der Waals surface area contributed by atoms with Gasteiger partial charge in [0.25, 0.3) is 0 Å². The van der Waals surface area contributed by atoms with Gasteiger partial charge in [-0.3, -0.25) is 0 Å². The maximum absolute atomic E-state index is 9.86. The Labute approximate surface area is 86.3 Å². The van der Waals surface area contributed by atoms with Crippen LogP contribution in [0.5, 0.6) is 0 Å². The van der Waals surface area contributed by atoms with E-state index in [1.54, 1.807) is 0 Å². The molecule has 0 aromatic rings. The average molecular weight is 204 g/mol. The molecule has 0 aromatic carbocycles. The monoisotopic (exact) mass is 204 g/mol. The van der Waals surface area contributed by atoms with E-state index in [0.717, 1.165) is 6.42 Å². The molecule has 0 aromatic heterocycles. The van der Waals surface area contributed by atoms with E-state index in [-0.39, 0.29) is 0 Å². The molecule has 86 valence electrons. The Morgan fingerprint density at radius 3 is 2.07 bits per heavy atom. The Kier molecular flexibility index (Phi) is 5.59. The second kappa shape index (κ2) is 5.66. The van der Waals surface area contributed by atoms with E-state index in [4.69, 9.17) is 11.5 Å². The first-order valence-corrected chi connectivity index (χ1v) is 5.18. The largest absolute Gasteiger partial charge is 0.390 e. The molecule has 0 bridgehead atoms. The van der Waals surface area contributed by atoms with Crippen molar-refractivity contribution in [1.82, 2.24) is 0 Å². The molecule has 0 heterocycles. The van der Waals surface area contributed by atoms with Crippen molar-refractivity contribution in [3.63, 3.8) is 0 Å². The maximum Gasteiger partial charge on any atom is 0.0850 e. The zero-order valence-corrected chi connectivity index (χ0v) is 9.40. The van der Waals surface area contributed by atoms with Crippen molar-refractivity contribution >= 4 is 0 Å². The normalized spacial score (nSPS) is 17.1. The number of aliphatic hydroxyl groups excluding tert-OH is 2. The summed E-state index contributed by atoms with van der Waals surface area (Å²) in [6.45, 7) is 5.70. The Hall–Kier alpha value is -0.160. The topological polar surface area (TPSA) is 92.5 Å². The first-order chi connectivity index (χ1) is 6.31. The van der Waals surface area contributed by atoms with Crippen LogP contribution in [-0.4, -0.2) is 28.6 Å². The molecular formula is C10H24N2O2. The van der Waals surface area contributed by atoms with E-state index in [1.165, 1.54) is 0 Å². The highest BCUT2D eigenvalue weighted by molar-refractivity contribution is 4.84. The molecule has 4 nitrogen and oxygen atoms in total. The Morgan fingerprint density at radius 2 is 1.71 bits per heavy atom. The molecule has 0 rings (SSSR count). The van der Waals surface area contributed by atoms with Crippen molar-refractivity contribution in [3.05, 3.63) is 0 Å². The van der Waals surface area contributed by atoms with Crippen LogP contribution in [0.3, 0.4) is 0 Å². The molecule has 0 saturated heterocycles. The summed E-state index contributed by atoms with van der Waals surface area (Å²) in [6.07, 6.45) is 0.0433. The minimum atomic E-state index is -0.767. The average Bonchev–Trinajstić information content (AvgIpc) is 2.01. The summed E-state index contributed by atoms with van der Waals surface area (Å²) in [5, 5.41) is 19.5. The van der Waals surface area contributed by atoms with Crippen molar-refractivity contribution in [3.8, 4) is 0 Å². The third-order valence-electron chi connectivity index (χ3n) is 2.51. The van der Waals surface area contributed by atoms with Gasteiger partial charge in [-0.2, -0.15) is 0 Å². The van der Waals surface area contributed by atoms with E-state index in [2.05, 4.69) is 0 Å². The molecule has 0 radical (unpaired) electrons. The third-order valence-corrected chi connectivity index (χ3v) is 2.51. The van der Waals surface area contributed by atoms with Gasteiger partial charge in [0, 0.05) is 0 Å². The summed E-state index contributed by atoms with van der Waals surface area (Å²) < 4.78 is 0. The van der Waals surface area contributed by atoms with Gasteiger partial charge in [-0.15, -0.1) is 0 Å². The van der Waals surface area contributed by atoms with E-state index < -0.39 is 23.8 Å². The zero-order valence-electron chi connectivity index (χ0n) is 9.40. The highest BCUT2D eigenvalue weighted by Gasteiger charge is 2.33. The zero-order chi connectivity index (χ0) is 11.4. The lowest BCUT2D eigenvalue weighted by atomic mass is 9.79. The molecule has 0 spiro atoms. The summed E-state index contributed by atoms with van der Waals surface area (Å²) in [7, 11) is 0. The second-order valence-corrected chi connectivity index (χ2v) is 4.66. The van der Waals surface area contributed by atoms with Crippen LogP contribution in [0, 0.1) is 5.41 Å². The van der Waals surface area contributed by atoms with Gasteiger partial charge in [0.2, 0.25) is 0 Å². The summed E-state index contributed by atoms with van der Waals surface area (Å²) >= 11 is 0. The van der Waals surface area contributed by atoms with Gasteiger partial charge in [0.05, 0.1) is 18.4 Å². The first kappa shape index (κ1) is 13.8. The number of hydrogen-bond donors (Lipinski definition) is 4. The standard InChI is InChI=1S/C10H24N2O2/c1-4-5-7(13)9(14)10(2,3)6-8(11)12/h7-9,13-14H,4-6,11-12H2,1-3H3. The molecule has 6 N–H and O–H groups in total. The molecule has 0 saturated carbocycles. The molecule has 2 unspecified atom stereocenters. The molecule has 14 heavy (non-hydrogen) atoms. The van der Waals surface area contributed by atoms with Gasteiger partial charge in [-0.05, 0) is 18.3 Å². The molecule has 2 atom stereocenters. The van der Waals surface area contributed by atoms with Gasteiger partial charge in [0.1, 0.15) is 0 Å². The lowest BCUT2D eigenvalue weighted by Crippen LogP contribution is -2.45. The summed E-state index contributed by atoms with van der Waals surface area (Å²) in [5.74, 6) is 0. The van der Waals surface area contributed by atoms with Crippen LogP contribution in [-0.2, 0) is 0 Å². The Balaban J connectivity index is 4.25. The van der Waals surface area contributed by atoms with E-state index >= 15 is 0 Å². The summed E-state index contributed by atoms with van der Waals surface area (Å²) in [6, 6.07) is 0. The first-order valence-electron chi connectivity index (χ1n) is 5.18. The minimum absolute atomic E-state index is 0.442. The molecule has 4 heteroatoms. The van der Waals surface area contributed by atoms with Crippen molar-refractivity contribution in [2.45, 2.75) is 58.4 Å². The van der Waals surface area contributed by atoms with Gasteiger partial charge in [-0.25, -0.2) is 0 Å². The molecule has 0 amide bonds. The van der Waals surface area contributed by atoms with Gasteiger partial charge < -0.3 is 21.7 Å². The molecular weight excluding hydrogens is 180 g/mol. The lowest BCUT2D eigenvalue weighted by molar-refractivity contribution is -0.0595. The number of aliphatic hydroxyl groups is 2. The molecule has 0 aliphatic rings. The van der Waals surface area contributed by atoms with Crippen LogP contribution >= 0.6 is 0 Å². The highest BCUT2D eigenvalue weighted by atomic mass is 16.3. The Morgan fingerprint density at radius 1 is 1.21 bits per heavy atom. The van der Waals surface area contributed by atoms with Crippen LogP contribution in [0.25, 0.3) is 0 Å². The number of rotatable bonds is 6. The quantitative estimate of drug-likeness (QED) is 0.464. The molecule has 0 fully saturated rings. The molecule has 0 aliphatic carbocycles. The SMILES string of the molecule is CCCC(O)C(O)C(C)(C)CC(N)N. The van der Waals surface area contributed by atoms with E-state index in [1.807, 2.05) is 20.8 Å². The van der Waals surface area contributed by atoms with E-state index in [9.17, 15) is 10.2 Å². The predicted molar refractivity (Wildman–Crippen MR) is 57.5 cm³/mol. The second-order valence-electron chi connectivity index (χ2n) is 4.66. The predicted octanol–water partition coefficient (Wildman–Crippen LogP) is 0.168. The number of hydrogen-bond acceptors (Lipinski definition) is 4. The number of nitrogens with two attached hydrogens (primary N) is 2. The minimum Gasteiger partial charge on any atom is -0.390 e. The maximum atomic E-state index is 9.86. The Bertz CT molecular complexity index is 160. The van der Waals surface area contributed by atoms with Crippen molar-refractivity contribution < 1.29 is 10.2 Å². The van der Waals surface area contributed by atoms with Gasteiger partial charge in [-0.1, -0.05) is 27.2 Å². The molecule has 0 aliphatic heterocycles. The highest BCUT2D eigenvalue weighted by Crippen LogP contribution is 2.28. The van der Waals surface area contributed by atoms with Crippen LogP contribution in [0.1, 0.15) is 40.0 Å². The van der Waals surface area contributed by atoms with Crippen LogP contribution in [0.15, 0.2) is 0 Å². The van der Waals surface area contributed by atoms with Gasteiger partial charge in [0.15, 0.2) is 0 Å². The van der Waals surface area contributed by atoms with E-state index in [0.29, 0.717) is 12.8 Å². The smallest absolute Gasteiger partial charge is 0.0850 e. The lowest BCUT2D eigenvalue weighted by Gasteiger charge is -2.34. The summed E-state index contributed by atoms with van der Waals surface area (Å²) in [4.78, 5) is 0. The van der Waals surface area contributed by atoms with Crippen molar-refractivity contribution in [2.24, 2.45) is 16.9 Å². The fourth-order valence-corrected chi connectivity index (χ4v) is 1.70. The fraction of sp³-hybridized carbons (Fsp3) is 1.00. The van der Waals surface area contributed by atoms with Crippen LogP contribution in [0.2, 0.25) is 0 Å². The fourth-order valence-electron chi connectivity index (χ4n) is 1.70. The van der Waals surface area contributed by atoms with Gasteiger partial charge >= 0.3 is 0 Å².